The van der Waals surface area contributed by atoms with Crippen molar-refractivity contribution in [2.75, 3.05) is 0 Å². The number of fused-ring (bicyclic) bond motifs is 1. The number of hydrogen-bond acceptors (Lipinski definition) is 3. The number of aryl methyl sites for hydroxylation is 1. The maximum Gasteiger partial charge on any atom is 0.267 e. The maximum atomic E-state index is 13.1. The molecule has 5 nitrogen and oxygen atoms in total. The number of nitrogens with zero attached hydrogens (tertiary/aromatic N) is 2. The summed E-state index contributed by atoms with van der Waals surface area (Å²) in [5.74, 6) is -0.606. The predicted octanol–water partition coefficient (Wildman–Crippen LogP) is 2.85. The van der Waals surface area contributed by atoms with Gasteiger partial charge in [0.2, 0.25) is 5.91 Å². The van der Waals surface area contributed by atoms with Crippen molar-refractivity contribution < 1.29 is 9.18 Å². The summed E-state index contributed by atoms with van der Waals surface area (Å²) in [7, 11) is 0. The summed E-state index contributed by atoms with van der Waals surface area (Å²) in [6.07, 6.45) is 1.78. The fourth-order valence-electron chi connectivity index (χ4n) is 3.42. The molecule has 0 fully saturated rings. The summed E-state index contributed by atoms with van der Waals surface area (Å²) in [5.41, 5.74) is 3.20. The van der Waals surface area contributed by atoms with Gasteiger partial charge in [0.15, 0.2) is 0 Å². The molecule has 1 amide bonds. The summed E-state index contributed by atoms with van der Waals surface area (Å²) in [4.78, 5) is 24.6. The third-order valence-corrected chi connectivity index (χ3v) is 4.77. The molecular formula is C21H18FN3O2. The van der Waals surface area contributed by atoms with Crippen LogP contribution in [0.4, 0.5) is 4.39 Å². The first kappa shape index (κ1) is 17.1. The van der Waals surface area contributed by atoms with Crippen LogP contribution < -0.4 is 10.9 Å². The molecule has 1 heterocycles. The van der Waals surface area contributed by atoms with Crippen LogP contribution in [0.3, 0.4) is 0 Å². The van der Waals surface area contributed by atoms with E-state index in [2.05, 4.69) is 16.5 Å². The highest BCUT2D eigenvalue weighted by atomic mass is 19.1. The number of carbonyl (C=O) groups excluding carboxylic acids is 1. The quantitative estimate of drug-likeness (QED) is 0.775. The normalized spacial score (nSPS) is 15.4. The number of carbonyl (C=O) groups is 1. The van der Waals surface area contributed by atoms with Crippen molar-refractivity contribution in [3.63, 3.8) is 0 Å². The molecule has 6 heteroatoms. The fraction of sp³-hybridized carbons (Fsp3) is 0.190. The topological polar surface area (TPSA) is 64.0 Å². The van der Waals surface area contributed by atoms with Gasteiger partial charge in [-0.3, -0.25) is 9.59 Å². The Kier molecular flexibility index (Phi) is 4.54. The van der Waals surface area contributed by atoms with Crippen LogP contribution in [-0.2, 0) is 17.8 Å². The van der Waals surface area contributed by atoms with E-state index in [1.807, 2.05) is 18.2 Å². The number of halogens is 1. The van der Waals surface area contributed by atoms with Crippen LogP contribution in [0, 0.1) is 5.82 Å². The van der Waals surface area contributed by atoms with Crippen molar-refractivity contribution in [1.82, 2.24) is 15.1 Å². The first-order valence-corrected chi connectivity index (χ1v) is 8.81. The van der Waals surface area contributed by atoms with Gasteiger partial charge < -0.3 is 5.32 Å². The monoisotopic (exact) mass is 363 g/mol. The van der Waals surface area contributed by atoms with Gasteiger partial charge in [-0.2, -0.15) is 5.10 Å². The van der Waals surface area contributed by atoms with Crippen LogP contribution in [0.25, 0.3) is 11.3 Å². The zero-order chi connectivity index (χ0) is 18.8. The van der Waals surface area contributed by atoms with E-state index in [1.54, 1.807) is 18.2 Å². The molecule has 1 unspecified atom stereocenters. The van der Waals surface area contributed by atoms with E-state index in [9.17, 15) is 14.0 Å². The average Bonchev–Trinajstić information content (AvgIpc) is 3.07. The average molecular weight is 363 g/mol. The Morgan fingerprint density at radius 1 is 1.11 bits per heavy atom. The molecule has 0 radical (unpaired) electrons. The van der Waals surface area contributed by atoms with Gasteiger partial charge in [-0.15, -0.1) is 0 Å². The van der Waals surface area contributed by atoms with Crippen molar-refractivity contribution in [3.8, 4) is 11.3 Å². The summed E-state index contributed by atoms with van der Waals surface area (Å²) in [5, 5.41) is 7.24. The van der Waals surface area contributed by atoms with Crippen molar-refractivity contribution in [2.24, 2.45) is 0 Å². The van der Waals surface area contributed by atoms with Crippen LogP contribution in [0.2, 0.25) is 0 Å². The number of rotatable bonds is 4. The maximum absolute atomic E-state index is 13.1. The highest BCUT2D eigenvalue weighted by Gasteiger charge is 2.23. The molecule has 0 saturated heterocycles. The van der Waals surface area contributed by atoms with E-state index in [1.165, 1.54) is 23.8 Å². The first-order valence-electron chi connectivity index (χ1n) is 8.81. The van der Waals surface area contributed by atoms with Crippen molar-refractivity contribution in [3.05, 3.63) is 88.0 Å². The van der Waals surface area contributed by atoms with Crippen molar-refractivity contribution in [1.29, 1.82) is 0 Å². The van der Waals surface area contributed by atoms with E-state index in [4.69, 9.17) is 0 Å². The van der Waals surface area contributed by atoms with E-state index < -0.39 is 0 Å². The highest BCUT2D eigenvalue weighted by Crippen LogP contribution is 2.30. The zero-order valence-corrected chi connectivity index (χ0v) is 14.6. The van der Waals surface area contributed by atoms with Gasteiger partial charge in [-0.25, -0.2) is 9.07 Å². The minimum atomic E-state index is -0.358. The Labute approximate surface area is 155 Å². The molecule has 27 heavy (non-hydrogen) atoms. The minimum absolute atomic E-state index is 0.0373. The smallest absolute Gasteiger partial charge is 0.267 e. The number of benzene rings is 2. The minimum Gasteiger partial charge on any atom is -0.348 e. The molecule has 1 aliphatic carbocycles. The molecule has 0 bridgehead atoms. The molecule has 3 aromatic rings. The molecule has 2 aromatic carbocycles. The second-order valence-corrected chi connectivity index (χ2v) is 6.58. The third-order valence-electron chi connectivity index (χ3n) is 4.77. The van der Waals surface area contributed by atoms with Crippen molar-refractivity contribution >= 4 is 5.91 Å². The predicted molar refractivity (Wildman–Crippen MR) is 99.5 cm³/mol. The van der Waals surface area contributed by atoms with Gasteiger partial charge in [-0.05, 0) is 54.3 Å². The first-order chi connectivity index (χ1) is 13.1. The molecule has 0 aliphatic heterocycles. The molecule has 1 atom stereocenters. The van der Waals surface area contributed by atoms with Gasteiger partial charge in [-0.1, -0.05) is 24.3 Å². The molecule has 1 aromatic heterocycles. The lowest BCUT2D eigenvalue weighted by molar-refractivity contribution is -0.122. The summed E-state index contributed by atoms with van der Waals surface area (Å²) in [6.45, 7) is -0.160. The standard InChI is InChI=1S/C21H18FN3O2/c22-16-8-5-15(6-9-16)18-11-12-21(27)25(24-18)13-20(26)23-19-10-7-14-3-1-2-4-17(14)19/h1-6,8-9,11-12,19H,7,10,13H2,(H,23,26). The van der Waals surface area contributed by atoms with Crippen LogP contribution >= 0.6 is 0 Å². The second kappa shape index (κ2) is 7.15. The summed E-state index contributed by atoms with van der Waals surface area (Å²) >= 11 is 0. The fourth-order valence-corrected chi connectivity index (χ4v) is 3.42. The number of nitrogens with one attached hydrogen (secondary N) is 1. The van der Waals surface area contributed by atoms with Crippen LogP contribution in [0.1, 0.15) is 23.6 Å². The Bertz CT molecular complexity index is 1040. The molecule has 0 spiro atoms. The van der Waals surface area contributed by atoms with Gasteiger partial charge in [0.1, 0.15) is 12.4 Å². The Morgan fingerprint density at radius 2 is 1.89 bits per heavy atom. The van der Waals surface area contributed by atoms with Gasteiger partial charge >= 0.3 is 0 Å². The molecule has 136 valence electrons. The largest absolute Gasteiger partial charge is 0.348 e. The Balaban J connectivity index is 1.51. The SMILES string of the molecule is O=C(Cn1nc(-c2ccc(F)cc2)ccc1=O)NC1CCc2ccccc21. The number of amides is 1. The van der Waals surface area contributed by atoms with Crippen LogP contribution in [0.5, 0.6) is 0 Å². The zero-order valence-electron chi connectivity index (χ0n) is 14.6. The molecule has 1 N–H and O–H groups in total. The van der Waals surface area contributed by atoms with E-state index in [-0.39, 0.29) is 29.9 Å². The molecule has 4 rings (SSSR count). The van der Waals surface area contributed by atoms with Crippen molar-refractivity contribution in [2.45, 2.75) is 25.4 Å². The van der Waals surface area contributed by atoms with Gasteiger partial charge in [0, 0.05) is 11.6 Å². The molecule has 0 saturated carbocycles. The lowest BCUT2D eigenvalue weighted by atomic mass is 10.1. The Hall–Kier alpha value is -3.28. The number of hydrogen-bond donors (Lipinski definition) is 1. The summed E-state index contributed by atoms with van der Waals surface area (Å²) in [6, 6.07) is 16.8. The van der Waals surface area contributed by atoms with E-state index in [0.29, 0.717) is 11.3 Å². The Morgan fingerprint density at radius 3 is 2.70 bits per heavy atom. The van der Waals surface area contributed by atoms with Gasteiger partial charge in [0.05, 0.1) is 11.7 Å². The van der Waals surface area contributed by atoms with Crippen LogP contribution in [-0.4, -0.2) is 15.7 Å². The summed E-state index contributed by atoms with van der Waals surface area (Å²) < 4.78 is 14.2. The lowest BCUT2D eigenvalue weighted by Crippen LogP contribution is -2.35. The molecule has 1 aliphatic rings. The lowest BCUT2D eigenvalue weighted by Gasteiger charge is -2.14. The van der Waals surface area contributed by atoms with Gasteiger partial charge in [0.25, 0.3) is 5.56 Å². The third kappa shape index (κ3) is 3.65. The van der Waals surface area contributed by atoms with Crippen LogP contribution in [0.15, 0.2) is 65.5 Å². The second-order valence-electron chi connectivity index (χ2n) is 6.58. The van der Waals surface area contributed by atoms with E-state index in [0.717, 1.165) is 23.1 Å². The highest BCUT2D eigenvalue weighted by molar-refractivity contribution is 5.76. The van der Waals surface area contributed by atoms with E-state index >= 15 is 0 Å². The molecular weight excluding hydrogens is 345 g/mol. The number of aromatic nitrogens is 2.